The van der Waals surface area contributed by atoms with Crippen molar-refractivity contribution in [2.75, 3.05) is 11.9 Å². The predicted molar refractivity (Wildman–Crippen MR) is 115 cm³/mol. The summed E-state index contributed by atoms with van der Waals surface area (Å²) in [6, 6.07) is 21.7. The topological polar surface area (TPSA) is 7.12 Å². The lowest BCUT2D eigenvalue weighted by atomic mass is 9.84. The van der Waals surface area contributed by atoms with Gasteiger partial charge < -0.3 is 4.90 Å². The Kier molecular flexibility index (Phi) is 4.35. The number of likely N-dealkylation sites (N-methyl/N-ethyl adjacent to an activating group) is 1. The van der Waals surface area contributed by atoms with Crippen LogP contribution in [0.15, 0.2) is 78.5 Å². The van der Waals surface area contributed by atoms with E-state index in [1.807, 2.05) is 0 Å². The lowest BCUT2D eigenvalue weighted by molar-refractivity contribution is -0.669. The summed E-state index contributed by atoms with van der Waals surface area (Å²) in [6.45, 7) is 7.76. The number of fused-ring (bicyclic) bond motifs is 2. The molecular weight excluding hydrogens is 328 g/mol. The molecule has 2 heterocycles. The molecule has 0 aliphatic carbocycles. The van der Waals surface area contributed by atoms with Gasteiger partial charge in [-0.1, -0.05) is 50.3 Å². The van der Waals surface area contributed by atoms with Crippen molar-refractivity contribution in [3.05, 3.63) is 89.8 Å². The van der Waals surface area contributed by atoms with Gasteiger partial charge in [0.1, 0.15) is 6.54 Å². The van der Waals surface area contributed by atoms with Crippen LogP contribution in [0.2, 0.25) is 0 Å². The maximum atomic E-state index is 2.36. The average Bonchev–Trinajstić information content (AvgIpc) is 2.88. The molecule has 1 aliphatic heterocycles. The molecule has 0 radical (unpaired) electrons. The fraction of sp³-hybridized carbons (Fsp3) is 0.240. The molecule has 0 spiro atoms. The molecule has 136 valence electrons. The molecule has 0 saturated carbocycles. The summed E-state index contributed by atoms with van der Waals surface area (Å²) in [7, 11) is 2.16. The highest BCUT2D eigenvalue weighted by Crippen LogP contribution is 2.46. The molecule has 0 atom stereocenters. The number of pyridine rings is 1. The second-order valence-corrected chi connectivity index (χ2v) is 7.67. The van der Waals surface area contributed by atoms with Gasteiger partial charge in [-0.25, -0.2) is 0 Å². The number of allylic oxidation sites excluding steroid dienone is 3. The van der Waals surface area contributed by atoms with Gasteiger partial charge in [-0.3, -0.25) is 0 Å². The van der Waals surface area contributed by atoms with E-state index in [9.17, 15) is 0 Å². The van der Waals surface area contributed by atoms with Crippen LogP contribution in [0.25, 0.3) is 17.0 Å². The first kappa shape index (κ1) is 17.5. The van der Waals surface area contributed by atoms with Crippen LogP contribution in [0.1, 0.15) is 32.0 Å². The molecule has 0 bridgehead atoms. The van der Waals surface area contributed by atoms with Gasteiger partial charge in [-0.15, -0.1) is 0 Å². The Morgan fingerprint density at radius 1 is 0.963 bits per heavy atom. The third-order valence-electron chi connectivity index (χ3n) is 5.75. The van der Waals surface area contributed by atoms with Crippen LogP contribution in [0, 0.1) is 0 Å². The first-order chi connectivity index (χ1) is 13.0. The molecular formula is C25H27N2+. The molecule has 27 heavy (non-hydrogen) atoms. The molecule has 1 aliphatic rings. The highest BCUT2D eigenvalue weighted by molar-refractivity contribution is 5.76. The smallest absolute Gasteiger partial charge is 0.212 e. The van der Waals surface area contributed by atoms with Crippen LogP contribution in [-0.4, -0.2) is 7.05 Å². The molecule has 2 nitrogen and oxygen atoms in total. The Hall–Kier alpha value is -2.87. The van der Waals surface area contributed by atoms with Gasteiger partial charge in [0.2, 0.25) is 11.2 Å². The monoisotopic (exact) mass is 355 g/mol. The average molecular weight is 356 g/mol. The van der Waals surface area contributed by atoms with E-state index < -0.39 is 0 Å². The van der Waals surface area contributed by atoms with Crippen LogP contribution in [0.4, 0.5) is 5.69 Å². The molecule has 0 amide bonds. The summed E-state index contributed by atoms with van der Waals surface area (Å²) < 4.78 is 2.36. The second-order valence-electron chi connectivity index (χ2n) is 7.67. The molecule has 4 rings (SSSR count). The largest absolute Gasteiger partial charge is 0.347 e. The number of para-hydroxylation sites is 2. The normalized spacial score (nSPS) is 17.2. The predicted octanol–water partition coefficient (Wildman–Crippen LogP) is 5.47. The Balaban J connectivity index is 1.72. The zero-order valence-corrected chi connectivity index (χ0v) is 16.6. The Morgan fingerprint density at radius 3 is 2.48 bits per heavy atom. The van der Waals surface area contributed by atoms with Crippen molar-refractivity contribution in [1.82, 2.24) is 0 Å². The van der Waals surface area contributed by atoms with E-state index >= 15 is 0 Å². The fourth-order valence-corrected chi connectivity index (χ4v) is 4.32. The second kappa shape index (κ2) is 6.70. The molecule has 3 aromatic rings. The van der Waals surface area contributed by atoms with E-state index in [1.54, 1.807) is 0 Å². The molecule has 0 unspecified atom stereocenters. The maximum Gasteiger partial charge on any atom is 0.212 e. The van der Waals surface area contributed by atoms with Gasteiger partial charge in [0.15, 0.2) is 0 Å². The molecule has 0 N–H and O–H groups in total. The lowest BCUT2D eigenvalue weighted by Gasteiger charge is -2.23. The number of aryl methyl sites for hydroxylation is 1. The lowest BCUT2D eigenvalue weighted by Crippen LogP contribution is -2.36. The first-order valence-corrected chi connectivity index (χ1v) is 9.67. The minimum absolute atomic E-state index is 0.0137. The molecule has 2 heteroatoms. The van der Waals surface area contributed by atoms with E-state index in [0.29, 0.717) is 0 Å². The molecule has 2 aromatic carbocycles. The first-order valence-electron chi connectivity index (χ1n) is 9.67. The highest BCUT2D eigenvalue weighted by Gasteiger charge is 2.37. The summed E-state index contributed by atoms with van der Waals surface area (Å²) in [4.78, 5) is 2.31. The zero-order chi connectivity index (χ0) is 19.0. The van der Waals surface area contributed by atoms with Crippen molar-refractivity contribution in [1.29, 1.82) is 0 Å². The van der Waals surface area contributed by atoms with Crippen molar-refractivity contribution in [2.24, 2.45) is 0 Å². The van der Waals surface area contributed by atoms with Crippen molar-refractivity contribution < 1.29 is 4.57 Å². The third kappa shape index (κ3) is 2.86. The van der Waals surface area contributed by atoms with Crippen LogP contribution in [0.3, 0.4) is 0 Å². The van der Waals surface area contributed by atoms with Gasteiger partial charge >= 0.3 is 0 Å². The quantitative estimate of drug-likeness (QED) is 0.565. The molecule has 1 aromatic heterocycles. The van der Waals surface area contributed by atoms with E-state index in [4.69, 9.17) is 0 Å². The highest BCUT2D eigenvalue weighted by atomic mass is 15.2. The number of hydrogen-bond donors (Lipinski definition) is 0. The number of aromatic nitrogens is 1. The maximum absolute atomic E-state index is 2.36. The Morgan fingerprint density at radius 2 is 1.70 bits per heavy atom. The number of rotatable bonds is 3. The van der Waals surface area contributed by atoms with Crippen molar-refractivity contribution >= 4 is 22.7 Å². The summed E-state index contributed by atoms with van der Waals surface area (Å²) in [5.74, 6) is 0. The van der Waals surface area contributed by atoms with Crippen molar-refractivity contribution in [3.8, 4) is 0 Å². The molecule has 0 fully saturated rings. The summed E-state index contributed by atoms with van der Waals surface area (Å²) in [5.41, 5.74) is 6.53. The molecule has 0 saturated heterocycles. The minimum atomic E-state index is 0.0137. The Bertz CT molecular complexity index is 1060. The van der Waals surface area contributed by atoms with Gasteiger partial charge in [0.05, 0.1) is 0 Å². The van der Waals surface area contributed by atoms with Crippen LogP contribution in [0.5, 0.6) is 0 Å². The van der Waals surface area contributed by atoms with Gasteiger partial charge in [-0.2, -0.15) is 4.57 Å². The van der Waals surface area contributed by atoms with Gasteiger partial charge in [0.25, 0.3) is 0 Å². The van der Waals surface area contributed by atoms with Gasteiger partial charge in [-0.05, 0) is 36.8 Å². The van der Waals surface area contributed by atoms with Crippen LogP contribution >= 0.6 is 0 Å². The Labute approximate surface area is 162 Å². The van der Waals surface area contributed by atoms with Crippen molar-refractivity contribution in [2.45, 2.75) is 32.7 Å². The van der Waals surface area contributed by atoms with E-state index in [0.717, 1.165) is 6.54 Å². The number of benzene rings is 2. The zero-order valence-electron chi connectivity index (χ0n) is 16.6. The fourth-order valence-electron chi connectivity index (χ4n) is 4.32. The number of hydrogen-bond acceptors (Lipinski definition) is 1. The number of anilines is 1. The van der Waals surface area contributed by atoms with Gasteiger partial charge in [0, 0.05) is 47.4 Å². The third-order valence-corrected chi connectivity index (χ3v) is 5.75. The summed E-state index contributed by atoms with van der Waals surface area (Å²) in [5, 5.41) is 1.28. The standard InChI is InChI=1S/C25H27N2/c1-5-27-20(18-17-19-11-6-8-14-22(19)27)12-10-16-24-25(2,3)21-13-7-9-15-23(21)26(24)4/h6-18H,5H2,1-4H3/q+1. The number of nitrogens with zero attached hydrogens (tertiary/aromatic N) is 2. The SMILES string of the molecule is CC[n+]1c(C=CC=C2N(C)c3ccccc3C2(C)C)ccc2ccccc21. The summed E-state index contributed by atoms with van der Waals surface area (Å²) in [6.07, 6.45) is 6.67. The van der Waals surface area contributed by atoms with Crippen LogP contribution in [-0.2, 0) is 12.0 Å². The van der Waals surface area contributed by atoms with Crippen molar-refractivity contribution in [3.63, 3.8) is 0 Å². The van der Waals surface area contributed by atoms with E-state index in [1.165, 1.54) is 33.5 Å². The van der Waals surface area contributed by atoms with E-state index in [-0.39, 0.29) is 5.41 Å². The van der Waals surface area contributed by atoms with Crippen LogP contribution < -0.4 is 9.47 Å². The van der Waals surface area contributed by atoms with E-state index in [2.05, 4.69) is 116 Å². The minimum Gasteiger partial charge on any atom is -0.347 e. The summed E-state index contributed by atoms with van der Waals surface area (Å²) >= 11 is 0.